The van der Waals surface area contributed by atoms with Crippen molar-refractivity contribution in [1.82, 2.24) is 0 Å². The maximum Gasteiger partial charge on any atom is 0.0849 e. The monoisotopic (exact) mass is 416 g/mol. The van der Waals surface area contributed by atoms with Gasteiger partial charge in [-0.15, -0.1) is 0 Å². The van der Waals surface area contributed by atoms with Crippen LogP contribution in [0.4, 0.5) is 0 Å². The summed E-state index contributed by atoms with van der Waals surface area (Å²) in [5, 5.41) is 29.4. The maximum absolute atomic E-state index is 10.1. The Kier molecular flexibility index (Phi) is 7.69. The van der Waals surface area contributed by atoms with Crippen molar-refractivity contribution in [3.05, 3.63) is 35.5 Å². The lowest BCUT2D eigenvalue weighted by atomic mass is 9.60. The highest BCUT2D eigenvalue weighted by molar-refractivity contribution is 5.36. The van der Waals surface area contributed by atoms with E-state index in [1.807, 2.05) is 0 Å². The van der Waals surface area contributed by atoms with E-state index in [-0.39, 0.29) is 12.7 Å². The quantitative estimate of drug-likeness (QED) is 0.498. The van der Waals surface area contributed by atoms with E-state index < -0.39 is 5.60 Å². The van der Waals surface area contributed by atoms with Gasteiger partial charge in [0.25, 0.3) is 0 Å². The Morgan fingerprint density at radius 3 is 2.73 bits per heavy atom. The van der Waals surface area contributed by atoms with Crippen molar-refractivity contribution in [1.29, 1.82) is 0 Å². The van der Waals surface area contributed by atoms with Crippen molar-refractivity contribution in [2.45, 2.75) is 103 Å². The van der Waals surface area contributed by atoms with Gasteiger partial charge < -0.3 is 15.3 Å². The van der Waals surface area contributed by atoms with E-state index in [2.05, 4.69) is 32.6 Å². The molecule has 30 heavy (non-hydrogen) atoms. The third-order valence-electron chi connectivity index (χ3n) is 8.63. The summed E-state index contributed by atoms with van der Waals surface area (Å²) in [7, 11) is 0. The van der Waals surface area contributed by atoms with Crippen LogP contribution in [0.25, 0.3) is 0 Å². The van der Waals surface area contributed by atoms with Crippen molar-refractivity contribution in [3.63, 3.8) is 0 Å². The second-order valence-corrected chi connectivity index (χ2v) is 11.1. The Morgan fingerprint density at radius 2 is 2.00 bits per heavy atom. The standard InChI is InChI=1S/C27H44O3/c1-19-9-12-23(29)17-22(19)11-10-21-8-6-16-27(4)24(13-14-25(21)27)20(2)7-5-15-26(3,30)18-28/h10-11,20,23-25,28-30H,1,5-9,12-18H2,2-4H3/b21-10+,22-11+. The number of aliphatic hydroxyl groups is 3. The molecule has 0 radical (unpaired) electrons. The highest BCUT2D eigenvalue weighted by Crippen LogP contribution is 2.60. The van der Waals surface area contributed by atoms with Gasteiger partial charge in [0.1, 0.15) is 0 Å². The van der Waals surface area contributed by atoms with E-state index in [0.29, 0.717) is 23.7 Å². The van der Waals surface area contributed by atoms with Crippen LogP contribution in [0.1, 0.15) is 91.4 Å². The van der Waals surface area contributed by atoms with Crippen LogP contribution >= 0.6 is 0 Å². The van der Waals surface area contributed by atoms with Gasteiger partial charge in [0, 0.05) is 0 Å². The second kappa shape index (κ2) is 9.71. The molecule has 0 aromatic rings. The molecule has 0 aromatic heterocycles. The maximum atomic E-state index is 10.1. The fraction of sp³-hybridized carbons (Fsp3) is 0.778. The molecule has 3 nitrogen and oxygen atoms in total. The molecule has 3 N–H and O–H groups in total. The van der Waals surface area contributed by atoms with Crippen LogP contribution in [-0.4, -0.2) is 33.6 Å². The molecule has 3 fully saturated rings. The zero-order chi connectivity index (χ0) is 21.9. The first kappa shape index (κ1) is 23.8. The minimum absolute atomic E-state index is 0.155. The van der Waals surface area contributed by atoms with Gasteiger partial charge in [-0.05, 0) is 93.5 Å². The molecule has 0 amide bonds. The lowest BCUT2D eigenvalue weighted by Gasteiger charge is -2.44. The van der Waals surface area contributed by atoms with Gasteiger partial charge in [-0.2, -0.15) is 0 Å². The van der Waals surface area contributed by atoms with Crippen LogP contribution in [0.3, 0.4) is 0 Å². The molecular weight excluding hydrogens is 372 g/mol. The summed E-state index contributed by atoms with van der Waals surface area (Å²) < 4.78 is 0. The molecule has 0 aromatic carbocycles. The van der Waals surface area contributed by atoms with Gasteiger partial charge >= 0.3 is 0 Å². The molecule has 0 aliphatic heterocycles. The van der Waals surface area contributed by atoms with Crippen molar-refractivity contribution in [2.24, 2.45) is 23.2 Å². The molecule has 3 aliphatic carbocycles. The molecule has 3 saturated carbocycles. The van der Waals surface area contributed by atoms with E-state index in [9.17, 15) is 15.3 Å². The lowest BCUT2D eigenvalue weighted by molar-refractivity contribution is -0.00891. The summed E-state index contributed by atoms with van der Waals surface area (Å²) in [6, 6.07) is 0. The number of fused-ring (bicyclic) bond motifs is 1. The van der Waals surface area contributed by atoms with E-state index in [1.54, 1.807) is 12.5 Å². The Morgan fingerprint density at radius 1 is 1.23 bits per heavy atom. The Labute approximate surface area is 184 Å². The highest BCUT2D eigenvalue weighted by Gasteiger charge is 2.50. The van der Waals surface area contributed by atoms with Gasteiger partial charge in [0.05, 0.1) is 18.3 Å². The predicted octanol–water partition coefficient (Wildman–Crippen LogP) is 5.71. The van der Waals surface area contributed by atoms with Gasteiger partial charge in [0.2, 0.25) is 0 Å². The number of aliphatic hydroxyl groups excluding tert-OH is 2. The summed E-state index contributed by atoms with van der Waals surface area (Å²) in [5.41, 5.74) is 3.50. The van der Waals surface area contributed by atoms with Crippen molar-refractivity contribution in [3.8, 4) is 0 Å². The van der Waals surface area contributed by atoms with Gasteiger partial charge in [-0.25, -0.2) is 0 Å². The molecule has 3 heteroatoms. The third-order valence-corrected chi connectivity index (χ3v) is 8.63. The summed E-state index contributed by atoms with van der Waals surface area (Å²) >= 11 is 0. The lowest BCUT2D eigenvalue weighted by Crippen LogP contribution is -2.36. The number of hydrogen-bond donors (Lipinski definition) is 3. The van der Waals surface area contributed by atoms with Gasteiger partial charge in [0.15, 0.2) is 0 Å². The van der Waals surface area contributed by atoms with E-state index in [1.165, 1.54) is 43.3 Å². The van der Waals surface area contributed by atoms with E-state index >= 15 is 0 Å². The Balaban J connectivity index is 1.66. The van der Waals surface area contributed by atoms with Crippen LogP contribution in [0, 0.1) is 23.2 Å². The molecule has 6 atom stereocenters. The molecule has 170 valence electrons. The molecule has 0 saturated heterocycles. The van der Waals surface area contributed by atoms with Crippen molar-refractivity contribution >= 4 is 0 Å². The Bertz CT molecular complexity index is 674. The molecule has 0 heterocycles. The molecule has 3 rings (SSSR count). The second-order valence-electron chi connectivity index (χ2n) is 11.1. The van der Waals surface area contributed by atoms with Crippen molar-refractivity contribution in [2.75, 3.05) is 6.61 Å². The minimum Gasteiger partial charge on any atom is -0.393 e. The summed E-state index contributed by atoms with van der Waals surface area (Å²) in [4.78, 5) is 0. The zero-order valence-electron chi connectivity index (χ0n) is 19.5. The van der Waals surface area contributed by atoms with E-state index in [0.717, 1.165) is 38.0 Å². The van der Waals surface area contributed by atoms with Gasteiger partial charge in [-0.3, -0.25) is 0 Å². The van der Waals surface area contributed by atoms with Crippen LogP contribution < -0.4 is 0 Å². The first-order valence-corrected chi connectivity index (χ1v) is 12.3. The van der Waals surface area contributed by atoms with Crippen LogP contribution in [-0.2, 0) is 0 Å². The topological polar surface area (TPSA) is 60.7 Å². The third kappa shape index (κ3) is 5.29. The average molecular weight is 417 g/mol. The summed E-state index contributed by atoms with van der Waals surface area (Å²) in [6.07, 6.45) is 16.1. The fourth-order valence-corrected chi connectivity index (χ4v) is 6.69. The molecule has 3 aliphatic rings. The highest BCUT2D eigenvalue weighted by atomic mass is 16.3. The zero-order valence-corrected chi connectivity index (χ0v) is 19.5. The minimum atomic E-state index is -0.938. The first-order chi connectivity index (χ1) is 14.2. The smallest absolute Gasteiger partial charge is 0.0849 e. The molecule has 6 unspecified atom stereocenters. The number of allylic oxidation sites excluding steroid dienone is 4. The SMILES string of the molecule is C=C1CCC(O)C/C1=C\C=C1/CCCC2(C)C1CCC2C(C)CCCC(C)(O)CO. The molecular formula is C27H44O3. The normalized spacial score (nSPS) is 37.9. The van der Waals surface area contributed by atoms with Crippen LogP contribution in [0.2, 0.25) is 0 Å². The fourth-order valence-electron chi connectivity index (χ4n) is 6.69. The Hall–Kier alpha value is -0.900. The van der Waals surface area contributed by atoms with E-state index in [4.69, 9.17) is 0 Å². The summed E-state index contributed by atoms with van der Waals surface area (Å²) in [5.74, 6) is 2.07. The largest absolute Gasteiger partial charge is 0.393 e. The summed E-state index contributed by atoms with van der Waals surface area (Å²) in [6.45, 7) is 10.7. The molecule has 0 spiro atoms. The van der Waals surface area contributed by atoms with Crippen LogP contribution in [0.5, 0.6) is 0 Å². The van der Waals surface area contributed by atoms with Gasteiger partial charge in [-0.1, -0.05) is 56.6 Å². The van der Waals surface area contributed by atoms with Crippen LogP contribution in [0.15, 0.2) is 35.5 Å². The number of hydrogen-bond acceptors (Lipinski definition) is 3. The molecule has 0 bridgehead atoms. The number of rotatable bonds is 7. The predicted molar refractivity (Wildman–Crippen MR) is 124 cm³/mol. The first-order valence-electron chi connectivity index (χ1n) is 12.3. The average Bonchev–Trinajstić information content (AvgIpc) is 3.06. The van der Waals surface area contributed by atoms with Crippen molar-refractivity contribution < 1.29 is 15.3 Å².